The summed E-state index contributed by atoms with van der Waals surface area (Å²) >= 11 is 6.41. The van der Waals surface area contributed by atoms with E-state index in [0.29, 0.717) is 11.6 Å². The van der Waals surface area contributed by atoms with Gasteiger partial charge in [0, 0.05) is 24.3 Å². The van der Waals surface area contributed by atoms with Crippen LogP contribution in [0.15, 0.2) is 12.1 Å². The standard InChI is InChI=1S/C14H18ClN3O2/c1-8-7-18(3-4-20-8)12-6-11-9(5-10(12)15)13(16-2)14(19)17-11/h5-6,8,13,16H,3-4,7H2,1-2H3,(H,17,19). The highest BCUT2D eigenvalue weighted by molar-refractivity contribution is 6.33. The van der Waals surface area contributed by atoms with Crippen molar-refractivity contribution in [2.45, 2.75) is 19.1 Å². The second kappa shape index (κ2) is 5.24. The monoisotopic (exact) mass is 295 g/mol. The van der Waals surface area contributed by atoms with Crippen molar-refractivity contribution in [2.75, 3.05) is 37.0 Å². The molecule has 0 radical (unpaired) electrons. The lowest BCUT2D eigenvalue weighted by Crippen LogP contribution is -2.41. The number of amides is 1. The molecule has 0 spiro atoms. The van der Waals surface area contributed by atoms with Crippen LogP contribution in [-0.2, 0) is 9.53 Å². The van der Waals surface area contributed by atoms with Gasteiger partial charge in [-0.2, -0.15) is 0 Å². The molecular formula is C14H18ClN3O2. The lowest BCUT2D eigenvalue weighted by molar-refractivity contribution is -0.117. The van der Waals surface area contributed by atoms with Crippen molar-refractivity contribution in [3.05, 3.63) is 22.7 Å². The molecule has 0 bridgehead atoms. The average Bonchev–Trinajstić information content (AvgIpc) is 2.72. The minimum Gasteiger partial charge on any atom is -0.375 e. The fourth-order valence-electron chi connectivity index (χ4n) is 2.84. The van der Waals surface area contributed by atoms with E-state index in [4.69, 9.17) is 16.3 Å². The molecule has 1 aromatic rings. The number of nitrogens with zero attached hydrogens (tertiary/aromatic N) is 1. The number of nitrogens with one attached hydrogen (secondary N) is 2. The van der Waals surface area contributed by atoms with Gasteiger partial charge in [0.15, 0.2) is 0 Å². The molecular weight excluding hydrogens is 278 g/mol. The van der Waals surface area contributed by atoms with Gasteiger partial charge in [0.2, 0.25) is 5.91 Å². The van der Waals surface area contributed by atoms with Crippen molar-refractivity contribution < 1.29 is 9.53 Å². The molecule has 1 fully saturated rings. The Bertz CT molecular complexity index is 549. The number of anilines is 2. The molecule has 2 atom stereocenters. The number of ether oxygens (including phenoxy) is 1. The fourth-order valence-corrected chi connectivity index (χ4v) is 3.13. The first kappa shape index (κ1) is 13.7. The van der Waals surface area contributed by atoms with Gasteiger partial charge < -0.3 is 20.3 Å². The van der Waals surface area contributed by atoms with Crippen LogP contribution in [-0.4, -0.2) is 38.8 Å². The molecule has 2 heterocycles. The summed E-state index contributed by atoms with van der Waals surface area (Å²) in [4.78, 5) is 14.1. The van der Waals surface area contributed by atoms with E-state index in [-0.39, 0.29) is 18.1 Å². The second-order valence-electron chi connectivity index (χ2n) is 5.23. The van der Waals surface area contributed by atoms with Crippen LogP contribution in [0.3, 0.4) is 0 Å². The number of carbonyl (C=O) groups is 1. The van der Waals surface area contributed by atoms with E-state index < -0.39 is 0 Å². The highest BCUT2D eigenvalue weighted by atomic mass is 35.5. The maximum Gasteiger partial charge on any atom is 0.246 e. The zero-order valence-corrected chi connectivity index (χ0v) is 12.3. The van der Waals surface area contributed by atoms with Crippen LogP contribution in [0.2, 0.25) is 5.02 Å². The van der Waals surface area contributed by atoms with Crippen LogP contribution in [0, 0.1) is 0 Å². The van der Waals surface area contributed by atoms with Gasteiger partial charge in [0.1, 0.15) is 6.04 Å². The first-order valence-electron chi connectivity index (χ1n) is 6.78. The molecule has 2 aliphatic rings. The second-order valence-corrected chi connectivity index (χ2v) is 5.64. The number of fused-ring (bicyclic) bond motifs is 1. The van der Waals surface area contributed by atoms with Gasteiger partial charge in [0.25, 0.3) is 0 Å². The van der Waals surface area contributed by atoms with E-state index in [1.165, 1.54) is 0 Å². The molecule has 2 unspecified atom stereocenters. The van der Waals surface area contributed by atoms with E-state index in [9.17, 15) is 4.79 Å². The number of benzene rings is 1. The normalized spacial score (nSPS) is 25.6. The molecule has 2 aliphatic heterocycles. The van der Waals surface area contributed by atoms with Crippen LogP contribution < -0.4 is 15.5 Å². The van der Waals surface area contributed by atoms with Crippen LogP contribution in [0.1, 0.15) is 18.5 Å². The molecule has 6 heteroatoms. The zero-order valence-electron chi connectivity index (χ0n) is 11.6. The largest absolute Gasteiger partial charge is 0.375 e. The molecule has 3 rings (SSSR count). The number of halogens is 1. The van der Waals surface area contributed by atoms with Gasteiger partial charge in [-0.15, -0.1) is 0 Å². The minimum atomic E-state index is -0.319. The van der Waals surface area contributed by atoms with Crippen molar-refractivity contribution in [1.29, 1.82) is 0 Å². The predicted octanol–water partition coefficient (Wildman–Crippen LogP) is 1.78. The van der Waals surface area contributed by atoms with Gasteiger partial charge in [-0.25, -0.2) is 0 Å². The highest BCUT2D eigenvalue weighted by Crippen LogP contribution is 2.39. The first-order chi connectivity index (χ1) is 9.60. The molecule has 1 saturated heterocycles. The SMILES string of the molecule is CNC1C(=O)Nc2cc(N3CCOC(C)C3)c(Cl)cc21. The lowest BCUT2D eigenvalue weighted by Gasteiger charge is -2.33. The zero-order chi connectivity index (χ0) is 14.3. The molecule has 0 aliphatic carbocycles. The van der Waals surface area contributed by atoms with Gasteiger partial charge in [-0.1, -0.05) is 11.6 Å². The number of hydrogen-bond donors (Lipinski definition) is 2. The van der Waals surface area contributed by atoms with Gasteiger partial charge >= 0.3 is 0 Å². The molecule has 1 aromatic carbocycles. The van der Waals surface area contributed by atoms with E-state index in [0.717, 1.165) is 30.0 Å². The topological polar surface area (TPSA) is 53.6 Å². The Kier molecular flexibility index (Phi) is 3.58. The van der Waals surface area contributed by atoms with Crippen LogP contribution in [0.4, 0.5) is 11.4 Å². The van der Waals surface area contributed by atoms with Crippen LogP contribution >= 0.6 is 11.6 Å². The number of rotatable bonds is 2. The maximum absolute atomic E-state index is 11.9. The summed E-state index contributed by atoms with van der Waals surface area (Å²) in [6, 6.07) is 3.52. The molecule has 20 heavy (non-hydrogen) atoms. The van der Waals surface area contributed by atoms with Crippen molar-refractivity contribution in [2.24, 2.45) is 0 Å². The van der Waals surface area contributed by atoms with Crippen molar-refractivity contribution in [1.82, 2.24) is 5.32 Å². The predicted molar refractivity (Wildman–Crippen MR) is 79.5 cm³/mol. The molecule has 1 amide bonds. The summed E-state index contributed by atoms with van der Waals surface area (Å²) in [5, 5.41) is 6.57. The number of hydrogen-bond acceptors (Lipinski definition) is 4. The average molecular weight is 296 g/mol. The molecule has 5 nitrogen and oxygen atoms in total. The number of likely N-dealkylation sites (N-methyl/N-ethyl adjacent to an activating group) is 1. The van der Waals surface area contributed by atoms with Gasteiger partial charge in [0.05, 0.1) is 23.4 Å². The maximum atomic E-state index is 11.9. The molecule has 0 aromatic heterocycles. The Morgan fingerprint density at radius 2 is 2.30 bits per heavy atom. The summed E-state index contributed by atoms with van der Waals surface area (Å²) in [5.41, 5.74) is 2.71. The first-order valence-corrected chi connectivity index (χ1v) is 7.16. The van der Waals surface area contributed by atoms with E-state index in [1.54, 1.807) is 7.05 Å². The Morgan fingerprint density at radius 3 is 3.00 bits per heavy atom. The fraction of sp³-hybridized carbons (Fsp3) is 0.500. The lowest BCUT2D eigenvalue weighted by atomic mass is 10.1. The summed E-state index contributed by atoms with van der Waals surface area (Å²) in [6.07, 6.45) is 0.188. The number of carbonyl (C=O) groups excluding carboxylic acids is 1. The Morgan fingerprint density at radius 1 is 1.50 bits per heavy atom. The summed E-state index contributed by atoms with van der Waals surface area (Å²) in [6.45, 7) is 4.36. The third-order valence-corrected chi connectivity index (χ3v) is 4.12. The third kappa shape index (κ3) is 2.26. The smallest absolute Gasteiger partial charge is 0.246 e. The van der Waals surface area contributed by atoms with Crippen molar-refractivity contribution in [3.63, 3.8) is 0 Å². The van der Waals surface area contributed by atoms with E-state index in [1.807, 2.05) is 19.1 Å². The molecule has 108 valence electrons. The third-order valence-electron chi connectivity index (χ3n) is 3.82. The van der Waals surface area contributed by atoms with Gasteiger partial charge in [-0.3, -0.25) is 4.79 Å². The highest BCUT2D eigenvalue weighted by Gasteiger charge is 2.31. The Balaban J connectivity index is 1.95. The summed E-state index contributed by atoms with van der Waals surface area (Å²) < 4.78 is 5.55. The molecule has 2 N–H and O–H groups in total. The Hall–Kier alpha value is -1.30. The number of morpholine rings is 1. The van der Waals surface area contributed by atoms with E-state index in [2.05, 4.69) is 15.5 Å². The Labute approximate surface area is 123 Å². The quantitative estimate of drug-likeness (QED) is 0.873. The molecule has 0 saturated carbocycles. The van der Waals surface area contributed by atoms with Crippen molar-refractivity contribution in [3.8, 4) is 0 Å². The summed E-state index contributed by atoms with van der Waals surface area (Å²) in [5.74, 6) is -0.0361. The van der Waals surface area contributed by atoms with Crippen LogP contribution in [0.25, 0.3) is 0 Å². The van der Waals surface area contributed by atoms with Crippen molar-refractivity contribution >= 4 is 28.9 Å². The van der Waals surface area contributed by atoms with E-state index >= 15 is 0 Å². The van der Waals surface area contributed by atoms with Crippen LogP contribution in [0.5, 0.6) is 0 Å². The van der Waals surface area contributed by atoms with Gasteiger partial charge in [-0.05, 0) is 26.1 Å². The minimum absolute atomic E-state index is 0.0361. The summed E-state index contributed by atoms with van der Waals surface area (Å²) in [7, 11) is 1.77.